The van der Waals surface area contributed by atoms with Crippen LogP contribution in [0.15, 0.2) is 24.3 Å². The average molecular weight is 431 g/mol. The Morgan fingerprint density at radius 1 is 0.903 bits per heavy atom. The summed E-state index contributed by atoms with van der Waals surface area (Å²) in [4.78, 5) is 31.6. The van der Waals surface area contributed by atoms with Crippen LogP contribution >= 0.6 is 0 Å². The minimum Gasteiger partial charge on any atom is -0.352 e. The van der Waals surface area contributed by atoms with E-state index in [0.717, 1.165) is 65.2 Å². The van der Waals surface area contributed by atoms with Gasteiger partial charge in [0.15, 0.2) is 0 Å². The Kier molecular flexibility index (Phi) is 11.6. The maximum absolute atomic E-state index is 12.3. The zero-order chi connectivity index (χ0) is 22.5. The van der Waals surface area contributed by atoms with Gasteiger partial charge in [0.2, 0.25) is 11.8 Å². The van der Waals surface area contributed by atoms with Crippen molar-refractivity contribution < 1.29 is 9.59 Å². The molecule has 1 fully saturated rings. The summed E-state index contributed by atoms with van der Waals surface area (Å²) in [6, 6.07) is 8.39. The van der Waals surface area contributed by atoms with E-state index in [1.165, 1.54) is 11.1 Å². The molecule has 0 atom stereocenters. The van der Waals surface area contributed by atoms with E-state index in [0.29, 0.717) is 25.8 Å². The Hall–Kier alpha value is -1.92. The van der Waals surface area contributed by atoms with Crippen molar-refractivity contribution in [1.29, 1.82) is 0 Å². The van der Waals surface area contributed by atoms with Crippen LogP contribution < -0.4 is 5.32 Å². The third kappa shape index (κ3) is 8.99. The van der Waals surface area contributed by atoms with Crippen LogP contribution in [0, 0.1) is 0 Å². The zero-order valence-electron chi connectivity index (χ0n) is 19.9. The van der Waals surface area contributed by atoms with Gasteiger partial charge in [0.05, 0.1) is 0 Å². The van der Waals surface area contributed by atoms with Crippen molar-refractivity contribution in [2.45, 2.75) is 66.0 Å². The molecule has 0 aromatic heterocycles. The van der Waals surface area contributed by atoms with Crippen LogP contribution in [0.5, 0.6) is 0 Å². The molecule has 0 radical (unpaired) electrons. The highest BCUT2D eigenvalue weighted by molar-refractivity contribution is 5.79. The molecule has 0 spiro atoms. The van der Waals surface area contributed by atoms with Crippen molar-refractivity contribution in [3.63, 3.8) is 0 Å². The van der Waals surface area contributed by atoms with E-state index in [2.05, 4.69) is 54.1 Å². The van der Waals surface area contributed by atoms with Gasteiger partial charge in [-0.1, -0.05) is 45.0 Å². The summed E-state index contributed by atoms with van der Waals surface area (Å²) >= 11 is 0. The Balaban J connectivity index is 1.75. The number of piperazine rings is 1. The molecular formula is C25H42N4O2. The molecule has 1 aromatic carbocycles. The highest BCUT2D eigenvalue weighted by Gasteiger charge is 2.17. The normalized spacial score (nSPS) is 15.1. The fourth-order valence-electron chi connectivity index (χ4n) is 4.13. The monoisotopic (exact) mass is 430 g/mol. The molecule has 0 unspecified atom stereocenters. The summed E-state index contributed by atoms with van der Waals surface area (Å²) in [6.07, 6.45) is 3.41. The molecule has 174 valence electrons. The van der Waals surface area contributed by atoms with Gasteiger partial charge in [0.1, 0.15) is 0 Å². The number of hydrogen-bond donors (Lipinski definition) is 1. The lowest BCUT2D eigenvalue weighted by Gasteiger charge is -2.34. The molecule has 1 aromatic rings. The fraction of sp³-hybridized carbons (Fsp3) is 0.680. The number of rotatable bonds is 13. The standard InChI is InChI=1S/C25H42N4O2/c1-4-14-29(15-5-2)25(31)13-9-12-24(30)26-20-22-10-7-8-11-23(22)21-28-18-16-27(6-3)17-19-28/h7-8,10-11H,4-6,9,12-21H2,1-3H3,(H,26,30). The Bertz CT molecular complexity index is 665. The lowest BCUT2D eigenvalue weighted by molar-refractivity contribution is -0.131. The van der Waals surface area contributed by atoms with E-state index in [1.807, 2.05) is 11.0 Å². The van der Waals surface area contributed by atoms with E-state index >= 15 is 0 Å². The minimum atomic E-state index is 0.0247. The summed E-state index contributed by atoms with van der Waals surface area (Å²) in [5, 5.41) is 3.06. The number of amides is 2. The maximum atomic E-state index is 12.3. The van der Waals surface area contributed by atoms with Crippen molar-refractivity contribution in [3.05, 3.63) is 35.4 Å². The smallest absolute Gasteiger partial charge is 0.222 e. The first kappa shape index (κ1) is 25.3. The van der Waals surface area contributed by atoms with Crippen LogP contribution in [0.25, 0.3) is 0 Å². The van der Waals surface area contributed by atoms with Crippen molar-refractivity contribution in [2.24, 2.45) is 0 Å². The molecule has 0 saturated carbocycles. The van der Waals surface area contributed by atoms with Crippen molar-refractivity contribution in [1.82, 2.24) is 20.0 Å². The van der Waals surface area contributed by atoms with E-state index in [1.54, 1.807) is 0 Å². The van der Waals surface area contributed by atoms with Crippen LogP contribution in [0.1, 0.15) is 64.0 Å². The molecule has 6 heteroatoms. The fourth-order valence-corrected chi connectivity index (χ4v) is 4.13. The lowest BCUT2D eigenvalue weighted by atomic mass is 10.1. The van der Waals surface area contributed by atoms with Crippen LogP contribution in [0.2, 0.25) is 0 Å². The van der Waals surface area contributed by atoms with Crippen molar-refractivity contribution in [2.75, 3.05) is 45.8 Å². The van der Waals surface area contributed by atoms with E-state index in [4.69, 9.17) is 0 Å². The first-order chi connectivity index (χ1) is 15.1. The highest BCUT2D eigenvalue weighted by atomic mass is 16.2. The number of hydrogen-bond acceptors (Lipinski definition) is 4. The topological polar surface area (TPSA) is 55.9 Å². The molecule has 1 N–H and O–H groups in total. The minimum absolute atomic E-state index is 0.0247. The third-order valence-electron chi connectivity index (χ3n) is 6.03. The second-order valence-electron chi connectivity index (χ2n) is 8.49. The molecule has 1 aliphatic heterocycles. The molecule has 0 aliphatic carbocycles. The SMILES string of the molecule is CCCN(CCC)C(=O)CCCC(=O)NCc1ccccc1CN1CCN(CC)CC1. The predicted octanol–water partition coefficient (Wildman–Crippen LogP) is 3.26. The number of likely N-dealkylation sites (N-methyl/N-ethyl adjacent to an activating group) is 1. The van der Waals surface area contributed by atoms with E-state index in [-0.39, 0.29) is 11.8 Å². The van der Waals surface area contributed by atoms with Gasteiger partial charge in [-0.15, -0.1) is 0 Å². The first-order valence-electron chi connectivity index (χ1n) is 12.1. The Labute approximate surface area is 189 Å². The second kappa shape index (κ2) is 14.2. The number of benzene rings is 1. The molecular weight excluding hydrogens is 388 g/mol. The average Bonchev–Trinajstić information content (AvgIpc) is 2.78. The summed E-state index contributed by atoms with van der Waals surface area (Å²) in [5.41, 5.74) is 2.47. The molecule has 6 nitrogen and oxygen atoms in total. The molecule has 1 heterocycles. The van der Waals surface area contributed by atoms with Crippen molar-refractivity contribution in [3.8, 4) is 0 Å². The van der Waals surface area contributed by atoms with Gasteiger partial charge < -0.3 is 15.1 Å². The van der Waals surface area contributed by atoms with Gasteiger partial charge in [-0.2, -0.15) is 0 Å². The summed E-state index contributed by atoms with van der Waals surface area (Å²) in [6.45, 7) is 15.1. The predicted molar refractivity (Wildman–Crippen MR) is 127 cm³/mol. The van der Waals surface area contributed by atoms with E-state index < -0.39 is 0 Å². The van der Waals surface area contributed by atoms with Crippen LogP contribution in [0.4, 0.5) is 0 Å². The van der Waals surface area contributed by atoms with Crippen LogP contribution in [0.3, 0.4) is 0 Å². The highest BCUT2D eigenvalue weighted by Crippen LogP contribution is 2.14. The molecule has 2 amide bonds. The molecule has 1 saturated heterocycles. The lowest BCUT2D eigenvalue weighted by Crippen LogP contribution is -2.45. The molecule has 2 rings (SSSR count). The first-order valence-corrected chi connectivity index (χ1v) is 12.1. The molecule has 31 heavy (non-hydrogen) atoms. The Morgan fingerprint density at radius 3 is 2.13 bits per heavy atom. The Morgan fingerprint density at radius 2 is 1.52 bits per heavy atom. The number of nitrogens with zero attached hydrogens (tertiary/aromatic N) is 3. The quantitative estimate of drug-likeness (QED) is 0.522. The van der Waals surface area contributed by atoms with E-state index in [9.17, 15) is 9.59 Å². The number of nitrogens with one attached hydrogen (secondary N) is 1. The van der Waals surface area contributed by atoms with Gasteiger partial charge in [-0.25, -0.2) is 0 Å². The second-order valence-corrected chi connectivity index (χ2v) is 8.49. The summed E-state index contributed by atoms with van der Waals surface area (Å²) < 4.78 is 0. The van der Waals surface area contributed by atoms with Crippen LogP contribution in [-0.4, -0.2) is 72.3 Å². The largest absolute Gasteiger partial charge is 0.352 e. The maximum Gasteiger partial charge on any atom is 0.222 e. The van der Waals surface area contributed by atoms with Gasteiger partial charge in [0.25, 0.3) is 0 Å². The summed E-state index contributed by atoms with van der Waals surface area (Å²) in [5.74, 6) is 0.196. The molecule has 1 aliphatic rings. The summed E-state index contributed by atoms with van der Waals surface area (Å²) in [7, 11) is 0. The van der Waals surface area contributed by atoms with Crippen molar-refractivity contribution >= 4 is 11.8 Å². The van der Waals surface area contributed by atoms with Gasteiger partial charge in [-0.05, 0) is 36.9 Å². The van der Waals surface area contributed by atoms with Gasteiger partial charge in [0, 0.05) is 65.2 Å². The zero-order valence-corrected chi connectivity index (χ0v) is 19.9. The van der Waals surface area contributed by atoms with Crippen LogP contribution in [-0.2, 0) is 22.7 Å². The van der Waals surface area contributed by atoms with Gasteiger partial charge in [-0.3, -0.25) is 14.5 Å². The third-order valence-corrected chi connectivity index (χ3v) is 6.03. The number of carbonyl (C=O) groups excluding carboxylic acids is 2. The van der Waals surface area contributed by atoms with Gasteiger partial charge >= 0.3 is 0 Å². The molecule has 0 bridgehead atoms. The number of carbonyl (C=O) groups is 2.